The van der Waals surface area contributed by atoms with Gasteiger partial charge in [0.25, 0.3) is 0 Å². The van der Waals surface area contributed by atoms with E-state index >= 15 is 0 Å². The number of aliphatic hydroxyl groups excluding tert-OH is 2. The van der Waals surface area contributed by atoms with Crippen LogP contribution in [0.5, 0.6) is 0 Å². The van der Waals surface area contributed by atoms with Crippen molar-refractivity contribution in [3.63, 3.8) is 0 Å². The minimum atomic E-state index is -0.750. The van der Waals surface area contributed by atoms with Crippen molar-refractivity contribution in [3.05, 3.63) is 12.2 Å². The summed E-state index contributed by atoms with van der Waals surface area (Å²) in [6.07, 6.45) is 7.83. The monoisotopic (exact) mass is 364 g/mol. The minimum absolute atomic E-state index is 0.0168. The Hall–Kier alpha value is -1.35. The summed E-state index contributed by atoms with van der Waals surface area (Å²) in [6, 6.07) is 0. The van der Waals surface area contributed by atoms with Crippen molar-refractivity contribution in [3.8, 4) is 11.8 Å². The maximum absolute atomic E-state index is 10.6. The van der Waals surface area contributed by atoms with Gasteiger partial charge in [0.05, 0.1) is 24.4 Å². The Kier molecular flexibility index (Phi) is 8.15. The zero-order valence-corrected chi connectivity index (χ0v) is 15.8. The number of hydrogen-bond donors (Lipinski definition) is 3. The average Bonchev–Trinajstić information content (AvgIpc) is 3.10. The molecular formula is C21H32O5. The standard InChI is InChI=1S/C21H32O5/c1-3-4-7-14(2)18(22)11-10-16-17-12-15(8-5-6-9-21(24)25)26-20(17)13-19(16)23/h10-11,14-20,22-23H,5-9,12-13H2,1-2H3,(H,24,25)/b11-10+/t14?,15-,16+,17+,18+,19+,20-/m0/s1. The number of carbonyl (C=O) groups is 1. The van der Waals surface area contributed by atoms with E-state index in [2.05, 4.69) is 11.8 Å². The van der Waals surface area contributed by atoms with E-state index in [0.29, 0.717) is 19.3 Å². The van der Waals surface area contributed by atoms with Crippen molar-refractivity contribution >= 4 is 5.97 Å². The number of carboxylic acid groups (broad SMARTS) is 1. The normalized spacial score (nSPS) is 32.8. The number of aliphatic carboxylic acids is 1. The molecule has 0 amide bonds. The first-order chi connectivity index (χ1) is 12.4. The first kappa shape index (κ1) is 21.0. The summed E-state index contributed by atoms with van der Waals surface area (Å²) in [7, 11) is 0. The van der Waals surface area contributed by atoms with E-state index in [9.17, 15) is 15.0 Å². The maximum Gasteiger partial charge on any atom is 0.303 e. The molecule has 26 heavy (non-hydrogen) atoms. The molecule has 2 rings (SSSR count). The smallest absolute Gasteiger partial charge is 0.303 e. The zero-order valence-electron chi connectivity index (χ0n) is 15.8. The van der Waals surface area contributed by atoms with Gasteiger partial charge in [-0.15, -0.1) is 11.8 Å². The van der Waals surface area contributed by atoms with E-state index in [1.165, 1.54) is 0 Å². The maximum atomic E-state index is 10.6. The summed E-state index contributed by atoms with van der Waals surface area (Å²) >= 11 is 0. The highest BCUT2D eigenvalue weighted by molar-refractivity contribution is 5.66. The molecule has 2 fully saturated rings. The van der Waals surface area contributed by atoms with Crippen LogP contribution in [0, 0.1) is 29.6 Å². The summed E-state index contributed by atoms with van der Waals surface area (Å²) in [4.78, 5) is 10.6. The second-order valence-corrected chi connectivity index (χ2v) is 7.70. The number of hydrogen-bond acceptors (Lipinski definition) is 4. The van der Waals surface area contributed by atoms with E-state index in [4.69, 9.17) is 9.84 Å². The number of fused-ring (bicyclic) bond motifs is 1. The molecule has 5 heteroatoms. The predicted octanol–water partition coefficient (Wildman–Crippen LogP) is 2.75. The van der Waals surface area contributed by atoms with Crippen LogP contribution in [0.4, 0.5) is 0 Å². The molecule has 1 saturated heterocycles. The van der Waals surface area contributed by atoms with Gasteiger partial charge in [0.15, 0.2) is 0 Å². The number of carboxylic acids is 1. The molecule has 0 aromatic carbocycles. The minimum Gasteiger partial charge on any atom is -0.481 e. The second-order valence-electron chi connectivity index (χ2n) is 7.70. The first-order valence-electron chi connectivity index (χ1n) is 9.73. The fraction of sp³-hybridized carbons (Fsp3) is 0.762. The molecule has 1 heterocycles. The summed E-state index contributed by atoms with van der Waals surface area (Å²) in [6.45, 7) is 3.77. The van der Waals surface area contributed by atoms with Gasteiger partial charge < -0.3 is 20.1 Å². The highest BCUT2D eigenvalue weighted by atomic mass is 16.5. The van der Waals surface area contributed by atoms with E-state index in [-0.39, 0.29) is 36.4 Å². The Morgan fingerprint density at radius 1 is 1.35 bits per heavy atom. The van der Waals surface area contributed by atoms with Gasteiger partial charge in [0.1, 0.15) is 0 Å². The van der Waals surface area contributed by atoms with Crippen molar-refractivity contribution in [2.24, 2.45) is 17.8 Å². The molecule has 2 aliphatic rings. The SMILES string of the molecule is CC#CCC(C)[C@H](O)/C=C/[C@@H]1[C@H]2C[C@H](CCCCC(=O)O)O[C@H]2C[C@H]1O. The van der Waals surface area contributed by atoms with E-state index in [1.807, 2.05) is 13.0 Å². The van der Waals surface area contributed by atoms with Crippen LogP contribution in [0.1, 0.15) is 58.8 Å². The molecular weight excluding hydrogens is 332 g/mol. The number of ether oxygens (including phenoxy) is 1. The molecule has 146 valence electrons. The van der Waals surface area contributed by atoms with Gasteiger partial charge in [-0.05, 0) is 38.0 Å². The van der Waals surface area contributed by atoms with Crippen LogP contribution >= 0.6 is 0 Å². The predicted molar refractivity (Wildman–Crippen MR) is 99.4 cm³/mol. The molecule has 0 spiro atoms. The first-order valence-corrected chi connectivity index (χ1v) is 9.73. The zero-order chi connectivity index (χ0) is 19.1. The average molecular weight is 364 g/mol. The lowest BCUT2D eigenvalue weighted by molar-refractivity contribution is -0.137. The van der Waals surface area contributed by atoms with Crippen molar-refractivity contribution in [2.75, 3.05) is 0 Å². The Labute approximate surface area is 156 Å². The van der Waals surface area contributed by atoms with Crippen LogP contribution in [0.2, 0.25) is 0 Å². The molecule has 1 aliphatic heterocycles. The van der Waals surface area contributed by atoms with Crippen molar-refractivity contribution in [2.45, 2.75) is 83.2 Å². The van der Waals surface area contributed by atoms with E-state index in [0.717, 1.165) is 19.3 Å². The van der Waals surface area contributed by atoms with Crippen LogP contribution < -0.4 is 0 Å². The fourth-order valence-corrected chi connectivity index (χ4v) is 4.10. The van der Waals surface area contributed by atoms with Gasteiger partial charge in [0, 0.05) is 25.2 Å². The Bertz CT molecular complexity index is 546. The largest absolute Gasteiger partial charge is 0.481 e. The molecule has 0 aromatic heterocycles. The van der Waals surface area contributed by atoms with E-state index < -0.39 is 18.2 Å². The lowest BCUT2D eigenvalue weighted by atomic mass is 9.88. The number of aliphatic hydroxyl groups is 2. The molecule has 3 N–H and O–H groups in total. The van der Waals surface area contributed by atoms with Crippen LogP contribution in [0.15, 0.2) is 12.2 Å². The third-order valence-corrected chi connectivity index (χ3v) is 5.67. The second kappa shape index (κ2) is 10.1. The lowest BCUT2D eigenvalue weighted by Gasteiger charge is -2.19. The molecule has 7 atom stereocenters. The Balaban J connectivity index is 1.83. The van der Waals surface area contributed by atoms with Crippen molar-refractivity contribution in [1.82, 2.24) is 0 Å². The lowest BCUT2D eigenvalue weighted by Crippen LogP contribution is -2.20. The molecule has 1 aliphatic carbocycles. The topological polar surface area (TPSA) is 87.0 Å². The third kappa shape index (κ3) is 5.84. The van der Waals surface area contributed by atoms with Gasteiger partial charge >= 0.3 is 5.97 Å². The Morgan fingerprint density at radius 3 is 2.81 bits per heavy atom. The van der Waals surface area contributed by atoms with Gasteiger partial charge in [-0.25, -0.2) is 0 Å². The molecule has 0 aromatic rings. The summed E-state index contributed by atoms with van der Waals surface area (Å²) < 4.78 is 6.08. The quantitative estimate of drug-likeness (QED) is 0.333. The fourth-order valence-electron chi connectivity index (χ4n) is 4.10. The van der Waals surface area contributed by atoms with Gasteiger partial charge in [-0.1, -0.05) is 25.5 Å². The van der Waals surface area contributed by atoms with Gasteiger partial charge in [0.2, 0.25) is 0 Å². The van der Waals surface area contributed by atoms with Gasteiger partial charge in [-0.3, -0.25) is 4.79 Å². The third-order valence-electron chi connectivity index (χ3n) is 5.67. The summed E-state index contributed by atoms with van der Waals surface area (Å²) in [5, 5.41) is 29.3. The molecule has 5 nitrogen and oxygen atoms in total. The van der Waals surface area contributed by atoms with Crippen LogP contribution in [-0.2, 0) is 9.53 Å². The number of unbranched alkanes of at least 4 members (excludes halogenated alkanes) is 1. The highest BCUT2D eigenvalue weighted by Gasteiger charge is 2.47. The van der Waals surface area contributed by atoms with Crippen LogP contribution in [-0.4, -0.2) is 45.7 Å². The van der Waals surface area contributed by atoms with Crippen molar-refractivity contribution in [1.29, 1.82) is 0 Å². The van der Waals surface area contributed by atoms with Crippen molar-refractivity contribution < 1.29 is 24.9 Å². The van der Waals surface area contributed by atoms with E-state index in [1.54, 1.807) is 13.0 Å². The molecule has 1 saturated carbocycles. The highest BCUT2D eigenvalue weighted by Crippen LogP contribution is 2.45. The van der Waals surface area contributed by atoms with Crippen LogP contribution in [0.3, 0.4) is 0 Å². The summed E-state index contributed by atoms with van der Waals surface area (Å²) in [5.74, 6) is 5.45. The Morgan fingerprint density at radius 2 is 2.12 bits per heavy atom. The van der Waals surface area contributed by atoms with Crippen LogP contribution in [0.25, 0.3) is 0 Å². The molecule has 0 radical (unpaired) electrons. The molecule has 0 bridgehead atoms. The number of rotatable bonds is 9. The van der Waals surface area contributed by atoms with Gasteiger partial charge in [-0.2, -0.15) is 0 Å². The summed E-state index contributed by atoms with van der Waals surface area (Å²) in [5.41, 5.74) is 0. The molecule has 1 unspecified atom stereocenters.